The predicted octanol–water partition coefficient (Wildman–Crippen LogP) is 4.01. The van der Waals surface area contributed by atoms with Gasteiger partial charge in [0.1, 0.15) is 23.7 Å². The van der Waals surface area contributed by atoms with E-state index in [1.165, 1.54) is 0 Å². The average Bonchev–Trinajstić information content (AvgIpc) is 3.40. The zero-order chi connectivity index (χ0) is 18.7. The maximum absolute atomic E-state index is 12.3. The highest BCUT2D eigenvalue weighted by Crippen LogP contribution is 2.43. The van der Waals surface area contributed by atoms with Crippen molar-refractivity contribution < 1.29 is 24.1 Å². The lowest BCUT2D eigenvalue weighted by Gasteiger charge is -2.19. The Morgan fingerprint density at radius 1 is 1.42 bits per heavy atom. The summed E-state index contributed by atoms with van der Waals surface area (Å²) in [5.74, 6) is 2.28. The van der Waals surface area contributed by atoms with Gasteiger partial charge in [0, 0.05) is 16.9 Å². The highest BCUT2D eigenvalue weighted by atomic mass is 127. The molecule has 0 saturated heterocycles. The molecule has 1 aliphatic carbocycles. The van der Waals surface area contributed by atoms with Crippen molar-refractivity contribution in [3.63, 3.8) is 0 Å². The van der Waals surface area contributed by atoms with Crippen molar-refractivity contribution in [1.29, 1.82) is 0 Å². The Kier molecular flexibility index (Phi) is 6.74. The van der Waals surface area contributed by atoms with Gasteiger partial charge in [-0.3, -0.25) is 0 Å². The van der Waals surface area contributed by atoms with E-state index in [0.717, 1.165) is 46.6 Å². The van der Waals surface area contributed by atoms with Gasteiger partial charge < -0.3 is 19.3 Å². The highest BCUT2D eigenvalue weighted by molar-refractivity contribution is 14.2. The molecule has 1 aliphatic heterocycles. The van der Waals surface area contributed by atoms with E-state index in [0.29, 0.717) is 30.3 Å². The molecule has 0 bridgehead atoms. The number of hydrogen-bond acceptors (Lipinski definition) is 6. The zero-order valence-electron chi connectivity index (χ0n) is 15.0. The molecule has 7 heteroatoms. The molecule has 0 spiro atoms. The molecule has 0 unspecified atom stereocenters. The van der Waals surface area contributed by atoms with Crippen LogP contribution in [0.5, 0.6) is 11.5 Å². The molecule has 3 rings (SSSR count). The maximum atomic E-state index is 12.3. The minimum Gasteiger partial charge on any atom is -0.496 e. The number of aliphatic hydroxyl groups is 1. The summed E-state index contributed by atoms with van der Waals surface area (Å²) in [5.41, 5.74) is 4.21. The highest BCUT2D eigenvalue weighted by Gasteiger charge is 2.33. The Morgan fingerprint density at radius 3 is 2.81 bits per heavy atom. The lowest BCUT2D eigenvalue weighted by Crippen LogP contribution is -2.10. The minimum atomic E-state index is -0.335. The average molecular weight is 490 g/mol. The lowest BCUT2D eigenvalue weighted by molar-refractivity contribution is 0.0532. The van der Waals surface area contributed by atoms with E-state index in [2.05, 4.69) is 27.3 Å². The Morgan fingerprint density at radius 2 is 2.19 bits per heavy atom. The fraction of sp³-hybridized carbons (Fsp3) is 0.526. The molecule has 0 atom stereocenters. The summed E-state index contributed by atoms with van der Waals surface area (Å²) in [6, 6.07) is 0. The molecular weight excluding hydrogens is 467 g/mol. The molecule has 0 amide bonds. The topological polar surface area (TPSA) is 65.0 Å². The minimum absolute atomic E-state index is 0.0701. The Labute approximate surface area is 170 Å². The summed E-state index contributed by atoms with van der Waals surface area (Å²) >= 11 is 2.23. The lowest BCUT2D eigenvalue weighted by atomic mass is 9.94. The van der Waals surface area contributed by atoms with E-state index in [4.69, 9.17) is 14.2 Å². The van der Waals surface area contributed by atoms with E-state index < -0.39 is 0 Å². The molecule has 0 radical (unpaired) electrons. The standard InChI is InChI=1S/C19H23IO5S/c1-11-15-10-25-19(22)16(15)18(24-7-8-26-20)14(17(11)23-2)6-5-13(9-21)12-3-4-12/h5,12,21H,3-4,6-10H2,1-2H3/b13-5-. The number of allylic oxidation sites excluding steroid dienone is 1. The van der Waals surface area contributed by atoms with Crippen LogP contribution < -0.4 is 9.47 Å². The summed E-state index contributed by atoms with van der Waals surface area (Å²) in [5, 5.41) is 9.63. The number of rotatable bonds is 9. The molecule has 0 aromatic heterocycles. The number of halogens is 1. The van der Waals surface area contributed by atoms with Crippen LogP contribution in [0.1, 0.15) is 39.9 Å². The number of carbonyl (C=O) groups is 1. The summed E-state index contributed by atoms with van der Waals surface area (Å²) in [7, 11) is 3.30. The first-order valence-corrected chi connectivity index (χ1v) is 12.2. The van der Waals surface area contributed by atoms with E-state index in [1.54, 1.807) is 16.0 Å². The fourth-order valence-corrected chi connectivity index (χ4v) is 4.08. The van der Waals surface area contributed by atoms with Crippen molar-refractivity contribution in [2.24, 2.45) is 5.92 Å². The van der Waals surface area contributed by atoms with Crippen molar-refractivity contribution in [1.82, 2.24) is 0 Å². The van der Waals surface area contributed by atoms with Gasteiger partial charge in [-0.15, -0.1) is 0 Å². The van der Waals surface area contributed by atoms with Gasteiger partial charge in [-0.25, -0.2) is 4.79 Å². The van der Waals surface area contributed by atoms with E-state index in [-0.39, 0.29) is 19.2 Å². The first-order chi connectivity index (χ1) is 12.6. The molecule has 26 heavy (non-hydrogen) atoms. The van der Waals surface area contributed by atoms with Crippen molar-refractivity contribution in [2.75, 3.05) is 26.1 Å². The number of hydrogen-bond donors (Lipinski definition) is 1. The normalized spacial score (nSPS) is 16.5. The summed E-state index contributed by atoms with van der Waals surface area (Å²) in [6.45, 7) is 2.78. The number of benzene rings is 1. The van der Waals surface area contributed by atoms with Crippen LogP contribution in [0.3, 0.4) is 0 Å². The van der Waals surface area contributed by atoms with Gasteiger partial charge in [-0.05, 0) is 64.4 Å². The van der Waals surface area contributed by atoms with Gasteiger partial charge in [-0.1, -0.05) is 15.0 Å². The Balaban J connectivity index is 2.05. The van der Waals surface area contributed by atoms with Crippen LogP contribution in [-0.2, 0) is 17.8 Å². The summed E-state index contributed by atoms with van der Waals surface area (Å²) in [4.78, 5) is 12.3. The van der Waals surface area contributed by atoms with E-state index in [1.807, 2.05) is 6.92 Å². The molecule has 1 aromatic carbocycles. The molecule has 142 valence electrons. The largest absolute Gasteiger partial charge is 0.496 e. The molecule has 1 fully saturated rings. The number of esters is 1. The van der Waals surface area contributed by atoms with Gasteiger partial charge in [0.05, 0.1) is 20.3 Å². The number of ether oxygens (including phenoxy) is 3. The monoisotopic (exact) mass is 490 g/mol. The third-order valence-corrected chi connectivity index (χ3v) is 6.53. The first kappa shape index (κ1) is 19.8. The van der Waals surface area contributed by atoms with Gasteiger partial charge in [-0.2, -0.15) is 0 Å². The second-order valence-corrected chi connectivity index (χ2v) is 8.97. The maximum Gasteiger partial charge on any atom is 0.342 e. The molecule has 1 saturated carbocycles. The van der Waals surface area contributed by atoms with Crippen molar-refractivity contribution in [3.05, 3.63) is 33.9 Å². The van der Waals surface area contributed by atoms with Gasteiger partial charge in [0.25, 0.3) is 0 Å². The SMILES string of the molecule is COc1c(C)c2c(c(OCCSI)c1C/C=C(/CO)C1CC1)C(=O)OC2. The second kappa shape index (κ2) is 8.84. The van der Waals surface area contributed by atoms with Gasteiger partial charge >= 0.3 is 5.97 Å². The van der Waals surface area contributed by atoms with E-state index in [9.17, 15) is 9.90 Å². The fourth-order valence-electron chi connectivity index (χ4n) is 3.39. The predicted molar refractivity (Wildman–Crippen MR) is 110 cm³/mol. The van der Waals surface area contributed by atoms with Crippen molar-refractivity contribution in [2.45, 2.75) is 32.8 Å². The van der Waals surface area contributed by atoms with Crippen LogP contribution in [0.2, 0.25) is 0 Å². The number of fused-ring (bicyclic) bond motifs is 1. The number of cyclic esters (lactones) is 1. The van der Waals surface area contributed by atoms with Crippen molar-refractivity contribution >= 4 is 36.1 Å². The Bertz CT molecular complexity index is 727. The van der Waals surface area contributed by atoms with Gasteiger partial charge in [0.15, 0.2) is 0 Å². The molecular formula is C19H23IO5S. The van der Waals surface area contributed by atoms with Crippen LogP contribution in [0.15, 0.2) is 11.6 Å². The smallest absolute Gasteiger partial charge is 0.342 e. The van der Waals surface area contributed by atoms with Crippen LogP contribution >= 0.6 is 30.1 Å². The van der Waals surface area contributed by atoms with E-state index >= 15 is 0 Å². The van der Waals surface area contributed by atoms with Crippen LogP contribution in [0.25, 0.3) is 0 Å². The third kappa shape index (κ3) is 3.99. The summed E-state index contributed by atoms with van der Waals surface area (Å²) in [6.07, 6.45) is 4.88. The second-order valence-electron chi connectivity index (χ2n) is 6.47. The number of methoxy groups -OCH3 is 1. The molecule has 1 heterocycles. The number of carbonyl (C=O) groups excluding carboxylic acids is 1. The zero-order valence-corrected chi connectivity index (χ0v) is 17.9. The van der Waals surface area contributed by atoms with Crippen molar-refractivity contribution in [3.8, 4) is 11.5 Å². The van der Waals surface area contributed by atoms with Crippen LogP contribution in [0.4, 0.5) is 0 Å². The molecule has 5 nitrogen and oxygen atoms in total. The van der Waals surface area contributed by atoms with Crippen LogP contribution in [0, 0.1) is 12.8 Å². The molecule has 2 aliphatic rings. The van der Waals surface area contributed by atoms with Crippen LogP contribution in [-0.4, -0.2) is 37.2 Å². The molecule has 1 aromatic rings. The van der Waals surface area contributed by atoms with Gasteiger partial charge in [0.2, 0.25) is 0 Å². The number of aliphatic hydroxyl groups excluding tert-OH is 1. The first-order valence-electron chi connectivity index (χ1n) is 8.67. The summed E-state index contributed by atoms with van der Waals surface area (Å²) < 4.78 is 17.0. The quantitative estimate of drug-likeness (QED) is 0.244. The molecule has 1 N–H and O–H groups in total. The Hall–Kier alpha value is -0.930. The third-order valence-electron chi connectivity index (χ3n) is 4.89.